The zero-order valence-electron chi connectivity index (χ0n) is 15.8. The molecule has 2 heterocycles. The fourth-order valence-electron chi connectivity index (χ4n) is 3.70. The summed E-state index contributed by atoms with van der Waals surface area (Å²) in [5.74, 6) is -0.358. The van der Waals surface area contributed by atoms with Gasteiger partial charge in [0.1, 0.15) is 0 Å². The fourth-order valence-corrected chi connectivity index (χ4v) is 3.70. The lowest BCUT2D eigenvalue weighted by atomic mass is 9.78. The summed E-state index contributed by atoms with van der Waals surface area (Å²) in [5, 5.41) is 3.02. The number of benzene rings is 2. The summed E-state index contributed by atoms with van der Waals surface area (Å²) in [7, 11) is 0. The first-order valence-corrected chi connectivity index (χ1v) is 9.21. The number of para-hydroxylation sites is 2. The van der Waals surface area contributed by atoms with E-state index in [9.17, 15) is 9.59 Å². The molecule has 1 aliphatic rings. The molecule has 1 fully saturated rings. The molecule has 5 nitrogen and oxygen atoms in total. The maximum Gasteiger partial charge on any atom is 0.257 e. The smallest absolute Gasteiger partial charge is 0.257 e. The van der Waals surface area contributed by atoms with Crippen molar-refractivity contribution in [1.29, 1.82) is 0 Å². The second-order valence-corrected chi connectivity index (χ2v) is 7.04. The molecule has 0 radical (unpaired) electrons. The highest BCUT2D eigenvalue weighted by atomic mass is 16.2. The van der Waals surface area contributed by atoms with Crippen LogP contribution in [0.5, 0.6) is 0 Å². The van der Waals surface area contributed by atoms with Crippen molar-refractivity contribution in [2.45, 2.75) is 25.8 Å². The first-order chi connectivity index (χ1) is 13.5. The van der Waals surface area contributed by atoms with Crippen molar-refractivity contribution >= 4 is 23.2 Å². The quantitative estimate of drug-likeness (QED) is 0.706. The van der Waals surface area contributed by atoms with E-state index < -0.39 is 5.54 Å². The van der Waals surface area contributed by atoms with Crippen LogP contribution in [0.2, 0.25) is 0 Å². The molecule has 1 atom stereocenters. The minimum Gasteiger partial charge on any atom is -0.323 e. The number of aryl methyl sites for hydroxylation is 2. The molecule has 0 bridgehead atoms. The third-order valence-corrected chi connectivity index (χ3v) is 5.25. The number of amides is 2. The third-order valence-electron chi connectivity index (χ3n) is 5.25. The van der Waals surface area contributed by atoms with Gasteiger partial charge in [-0.25, -0.2) is 0 Å². The number of carbonyl (C=O) groups is 2. The van der Waals surface area contributed by atoms with Crippen molar-refractivity contribution in [3.63, 3.8) is 0 Å². The summed E-state index contributed by atoms with van der Waals surface area (Å²) in [4.78, 5) is 32.3. The molecule has 1 aliphatic heterocycles. The van der Waals surface area contributed by atoms with E-state index in [1.165, 1.54) is 0 Å². The highest BCUT2D eigenvalue weighted by molar-refractivity contribution is 6.17. The fraction of sp³-hybridized carbons (Fsp3) is 0.174. The van der Waals surface area contributed by atoms with Gasteiger partial charge in [0, 0.05) is 17.6 Å². The number of β-lactam (4-membered cyclic amide) rings is 1. The number of carbonyl (C=O) groups excluding carboxylic acids is 2. The maximum absolute atomic E-state index is 13.6. The van der Waals surface area contributed by atoms with Gasteiger partial charge >= 0.3 is 0 Å². The molecule has 28 heavy (non-hydrogen) atoms. The molecule has 2 amide bonds. The second-order valence-electron chi connectivity index (χ2n) is 7.04. The zero-order valence-corrected chi connectivity index (χ0v) is 15.8. The van der Waals surface area contributed by atoms with Gasteiger partial charge in [-0.3, -0.25) is 19.5 Å². The van der Waals surface area contributed by atoms with Gasteiger partial charge in [0.2, 0.25) is 5.91 Å². The Bertz CT molecular complexity index is 1050. The lowest BCUT2D eigenvalue weighted by Crippen LogP contribution is -2.67. The van der Waals surface area contributed by atoms with Crippen molar-refractivity contribution in [2.75, 3.05) is 10.2 Å². The molecule has 5 heteroatoms. The van der Waals surface area contributed by atoms with E-state index in [-0.39, 0.29) is 18.2 Å². The number of aromatic nitrogens is 1. The van der Waals surface area contributed by atoms with E-state index in [2.05, 4.69) is 10.3 Å². The normalized spacial score (nSPS) is 18.5. The van der Waals surface area contributed by atoms with Gasteiger partial charge < -0.3 is 5.32 Å². The third kappa shape index (κ3) is 2.76. The highest BCUT2D eigenvalue weighted by Gasteiger charge is 2.59. The minimum absolute atomic E-state index is 0.0794. The average Bonchev–Trinajstić information content (AvgIpc) is 2.70. The van der Waals surface area contributed by atoms with Gasteiger partial charge in [0.15, 0.2) is 5.54 Å². The zero-order chi connectivity index (χ0) is 19.7. The monoisotopic (exact) mass is 371 g/mol. The van der Waals surface area contributed by atoms with Crippen molar-refractivity contribution in [3.05, 3.63) is 89.7 Å². The Hall–Kier alpha value is -3.47. The van der Waals surface area contributed by atoms with Crippen LogP contribution in [0.3, 0.4) is 0 Å². The molecular weight excluding hydrogens is 350 g/mol. The van der Waals surface area contributed by atoms with Crippen LogP contribution in [-0.2, 0) is 15.1 Å². The van der Waals surface area contributed by atoms with E-state index in [0.717, 1.165) is 22.5 Å². The van der Waals surface area contributed by atoms with Crippen LogP contribution in [0.4, 0.5) is 11.4 Å². The Morgan fingerprint density at radius 1 is 0.964 bits per heavy atom. The van der Waals surface area contributed by atoms with Crippen LogP contribution in [0.1, 0.15) is 23.2 Å². The summed E-state index contributed by atoms with van der Waals surface area (Å²) in [5.41, 5.74) is 2.73. The number of anilines is 2. The lowest BCUT2D eigenvalue weighted by Gasteiger charge is -2.50. The molecule has 3 aromatic rings. The molecule has 1 unspecified atom stereocenters. The van der Waals surface area contributed by atoms with E-state index in [0.29, 0.717) is 5.69 Å². The molecular formula is C23H21N3O2. The summed E-state index contributed by atoms with van der Waals surface area (Å²) in [6.45, 7) is 3.87. The lowest BCUT2D eigenvalue weighted by molar-refractivity contribution is -0.137. The van der Waals surface area contributed by atoms with Crippen molar-refractivity contribution in [3.8, 4) is 0 Å². The van der Waals surface area contributed by atoms with Gasteiger partial charge in [-0.1, -0.05) is 42.5 Å². The van der Waals surface area contributed by atoms with E-state index >= 15 is 0 Å². The molecule has 0 spiro atoms. The van der Waals surface area contributed by atoms with Gasteiger partial charge in [-0.15, -0.1) is 0 Å². The number of nitrogens with zero attached hydrogens (tertiary/aromatic N) is 2. The minimum atomic E-state index is -1.17. The molecule has 0 saturated carbocycles. The van der Waals surface area contributed by atoms with Gasteiger partial charge in [0.25, 0.3) is 5.91 Å². The van der Waals surface area contributed by atoms with Gasteiger partial charge in [-0.05, 0) is 49.2 Å². The number of rotatable bonds is 4. The van der Waals surface area contributed by atoms with Crippen LogP contribution in [-0.4, -0.2) is 16.8 Å². The molecule has 1 N–H and O–H groups in total. The SMILES string of the molecule is Cc1ccccc1NC(=O)C1(c2ccccn2)CC(=O)N1c1ccccc1C. The van der Waals surface area contributed by atoms with Crippen LogP contribution >= 0.6 is 0 Å². The van der Waals surface area contributed by atoms with Crippen molar-refractivity contribution in [2.24, 2.45) is 0 Å². The Morgan fingerprint density at radius 2 is 1.64 bits per heavy atom. The number of hydrogen-bond acceptors (Lipinski definition) is 3. The van der Waals surface area contributed by atoms with Crippen LogP contribution in [0, 0.1) is 13.8 Å². The van der Waals surface area contributed by atoms with E-state index in [4.69, 9.17) is 0 Å². The number of nitrogens with one attached hydrogen (secondary N) is 1. The van der Waals surface area contributed by atoms with Crippen LogP contribution in [0.15, 0.2) is 72.9 Å². The Kier molecular flexibility index (Phi) is 4.43. The molecule has 1 aromatic heterocycles. The molecule has 140 valence electrons. The van der Waals surface area contributed by atoms with E-state index in [1.54, 1.807) is 23.2 Å². The first kappa shape index (κ1) is 17.9. The Balaban J connectivity index is 1.82. The molecule has 1 saturated heterocycles. The maximum atomic E-state index is 13.6. The average molecular weight is 371 g/mol. The molecule has 2 aromatic carbocycles. The highest BCUT2D eigenvalue weighted by Crippen LogP contribution is 2.46. The summed E-state index contributed by atoms with van der Waals surface area (Å²) in [6.07, 6.45) is 1.73. The predicted octanol–water partition coefficient (Wildman–Crippen LogP) is 3.97. The first-order valence-electron chi connectivity index (χ1n) is 9.21. The Labute approximate surface area is 164 Å². The molecule has 0 aliphatic carbocycles. The summed E-state index contributed by atoms with van der Waals surface area (Å²) >= 11 is 0. The van der Waals surface area contributed by atoms with Gasteiger partial charge in [-0.2, -0.15) is 0 Å². The topological polar surface area (TPSA) is 62.3 Å². The van der Waals surface area contributed by atoms with Gasteiger partial charge in [0.05, 0.1) is 12.1 Å². The summed E-state index contributed by atoms with van der Waals surface area (Å²) < 4.78 is 0. The Morgan fingerprint density at radius 3 is 2.29 bits per heavy atom. The second kappa shape index (κ2) is 6.93. The van der Waals surface area contributed by atoms with Crippen LogP contribution < -0.4 is 10.2 Å². The summed E-state index contributed by atoms with van der Waals surface area (Å²) in [6, 6.07) is 20.6. The molecule has 4 rings (SSSR count). The predicted molar refractivity (Wildman–Crippen MR) is 109 cm³/mol. The number of pyridine rings is 1. The van der Waals surface area contributed by atoms with Crippen molar-refractivity contribution < 1.29 is 9.59 Å². The van der Waals surface area contributed by atoms with E-state index in [1.807, 2.05) is 68.4 Å². The number of hydrogen-bond donors (Lipinski definition) is 1. The largest absolute Gasteiger partial charge is 0.323 e. The van der Waals surface area contributed by atoms with Crippen molar-refractivity contribution in [1.82, 2.24) is 4.98 Å². The standard InChI is InChI=1S/C23H21N3O2/c1-16-9-3-5-11-18(16)25-22(28)23(20-13-7-8-14-24-20)15-21(27)26(23)19-12-6-4-10-17(19)2/h3-14H,15H2,1-2H3,(H,25,28). The van der Waals surface area contributed by atoms with Crippen LogP contribution in [0.25, 0.3) is 0 Å².